The first-order chi connectivity index (χ1) is 5.93. The minimum atomic E-state index is 0.366. The van der Waals surface area contributed by atoms with Crippen LogP contribution < -0.4 is 0 Å². The minimum Gasteiger partial charge on any atom is -0.396 e. The molecule has 0 bridgehead atoms. The number of unbranched alkanes of at least 4 members (excludes halogenated alkanes) is 1. The molecule has 0 aromatic rings. The van der Waals surface area contributed by atoms with Gasteiger partial charge in [-0.05, 0) is 31.4 Å². The lowest BCUT2D eigenvalue weighted by Gasteiger charge is -2.20. The number of aliphatic hydroxyl groups excluding tert-OH is 1. The molecular formula is C10H20OS. The van der Waals surface area contributed by atoms with E-state index >= 15 is 0 Å². The van der Waals surface area contributed by atoms with Crippen molar-refractivity contribution in [2.24, 2.45) is 0 Å². The van der Waals surface area contributed by atoms with E-state index in [1.807, 2.05) is 0 Å². The zero-order valence-corrected chi connectivity index (χ0v) is 8.61. The van der Waals surface area contributed by atoms with E-state index in [-0.39, 0.29) is 0 Å². The van der Waals surface area contributed by atoms with Crippen LogP contribution in [0.2, 0.25) is 0 Å². The molecule has 12 heavy (non-hydrogen) atoms. The van der Waals surface area contributed by atoms with Gasteiger partial charge in [0.2, 0.25) is 0 Å². The van der Waals surface area contributed by atoms with Gasteiger partial charge in [0.05, 0.1) is 0 Å². The Labute approximate surface area is 79.9 Å². The number of thioether (sulfide) groups is 1. The predicted octanol–water partition coefficient (Wildman–Crippen LogP) is 2.82. The molecule has 1 aliphatic carbocycles. The largest absolute Gasteiger partial charge is 0.396 e. The Hall–Kier alpha value is 0.310. The average Bonchev–Trinajstić information content (AvgIpc) is 2.14. The van der Waals surface area contributed by atoms with Crippen LogP contribution >= 0.6 is 11.8 Å². The molecule has 0 aliphatic heterocycles. The lowest BCUT2D eigenvalue weighted by molar-refractivity contribution is 0.287. The topological polar surface area (TPSA) is 20.2 Å². The zero-order chi connectivity index (χ0) is 8.65. The van der Waals surface area contributed by atoms with Crippen molar-refractivity contribution in [3.8, 4) is 0 Å². The third-order valence-corrected chi connectivity index (χ3v) is 3.93. The molecule has 1 rings (SSSR count). The summed E-state index contributed by atoms with van der Waals surface area (Å²) in [5, 5.41) is 9.54. The van der Waals surface area contributed by atoms with Gasteiger partial charge in [-0.2, -0.15) is 11.8 Å². The Kier molecular flexibility index (Phi) is 5.88. The van der Waals surface area contributed by atoms with E-state index in [1.54, 1.807) is 0 Å². The quantitative estimate of drug-likeness (QED) is 0.669. The smallest absolute Gasteiger partial charge is 0.0431 e. The minimum absolute atomic E-state index is 0.366. The molecule has 1 nitrogen and oxygen atoms in total. The van der Waals surface area contributed by atoms with Crippen molar-refractivity contribution in [2.45, 2.75) is 50.2 Å². The molecule has 2 heteroatoms. The first-order valence-corrected chi connectivity index (χ1v) is 6.21. The van der Waals surface area contributed by atoms with E-state index in [2.05, 4.69) is 11.8 Å². The Morgan fingerprint density at radius 3 is 2.50 bits per heavy atom. The molecule has 0 unspecified atom stereocenters. The second kappa shape index (κ2) is 6.79. The molecule has 0 spiro atoms. The van der Waals surface area contributed by atoms with E-state index in [0.717, 1.165) is 11.7 Å². The second-order valence-corrected chi connectivity index (χ2v) is 4.97. The molecule has 0 saturated heterocycles. The van der Waals surface area contributed by atoms with Crippen LogP contribution in [0.15, 0.2) is 0 Å². The van der Waals surface area contributed by atoms with Gasteiger partial charge in [-0.15, -0.1) is 0 Å². The third-order valence-electron chi connectivity index (χ3n) is 2.46. The number of hydrogen-bond donors (Lipinski definition) is 1. The van der Waals surface area contributed by atoms with Gasteiger partial charge in [0, 0.05) is 11.9 Å². The zero-order valence-electron chi connectivity index (χ0n) is 7.80. The predicted molar refractivity (Wildman–Crippen MR) is 55.7 cm³/mol. The molecular weight excluding hydrogens is 168 g/mol. The fourth-order valence-electron chi connectivity index (χ4n) is 1.70. The van der Waals surface area contributed by atoms with Crippen LogP contribution in [0, 0.1) is 0 Å². The van der Waals surface area contributed by atoms with Crippen molar-refractivity contribution in [2.75, 3.05) is 12.4 Å². The molecule has 0 aromatic heterocycles. The fourth-order valence-corrected chi connectivity index (χ4v) is 3.07. The van der Waals surface area contributed by atoms with Crippen LogP contribution in [0.4, 0.5) is 0 Å². The molecule has 72 valence electrons. The maximum absolute atomic E-state index is 8.59. The molecule has 0 amide bonds. The van der Waals surface area contributed by atoms with E-state index in [0.29, 0.717) is 6.61 Å². The maximum atomic E-state index is 8.59. The van der Waals surface area contributed by atoms with Gasteiger partial charge in [0.25, 0.3) is 0 Å². The monoisotopic (exact) mass is 188 g/mol. The SMILES string of the molecule is OCCCCSC1CCCCC1. The summed E-state index contributed by atoms with van der Waals surface area (Å²) in [5.41, 5.74) is 0. The van der Waals surface area contributed by atoms with Crippen molar-refractivity contribution >= 4 is 11.8 Å². The van der Waals surface area contributed by atoms with Crippen molar-refractivity contribution in [1.82, 2.24) is 0 Å². The highest BCUT2D eigenvalue weighted by molar-refractivity contribution is 7.99. The van der Waals surface area contributed by atoms with Gasteiger partial charge in [-0.3, -0.25) is 0 Å². The highest BCUT2D eigenvalue weighted by atomic mass is 32.2. The van der Waals surface area contributed by atoms with Crippen molar-refractivity contribution in [3.05, 3.63) is 0 Å². The summed E-state index contributed by atoms with van der Waals surface area (Å²) in [4.78, 5) is 0. The van der Waals surface area contributed by atoms with Crippen molar-refractivity contribution in [1.29, 1.82) is 0 Å². The summed E-state index contributed by atoms with van der Waals surface area (Å²) in [7, 11) is 0. The van der Waals surface area contributed by atoms with E-state index in [9.17, 15) is 0 Å². The van der Waals surface area contributed by atoms with Crippen LogP contribution in [0.25, 0.3) is 0 Å². The molecule has 1 fully saturated rings. The molecule has 1 N–H and O–H groups in total. The summed E-state index contributed by atoms with van der Waals surface area (Å²) in [6, 6.07) is 0. The van der Waals surface area contributed by atoms with Gasteiger partial charge in [0.1, 0.15) is 0 Å². The molecule has 1 saturated carbocycles. The standard InChI is InChI=1S/C10H20OS/c11-8-4-5-9-12-10-6-2-1-3-7-10/h10-11H,1-9H2. The summed E-state index contributed by atoms with van der Waals surface area (Å²) in [5.74, 6) is 1.26. The molecule has 0 radical (unpaired) electrons. The average molecular weight is 188 g/mol. The van der Waals surface area contributed by atoms with Gasteiger partial charge in [-0.25, -0.2) is 0 Å². The van der Waals surface area contributed by atoms with Crippen molar-refractivity contribution in [3.63, 3.8) is 0 Å². The van der Waals surface area contributed by atoms with Crippen LogP contribution in [0.1, 0.15) is 44.9 Å². The Bertz CT molecular complexity index is 100. The van der Waals surface area contributed by atoms with Crippen LogP contribution in [0.3, 0.4) is 0 Å². The van der Waals surface area contributed by atoms with Crippen LogP contribution in [0.5, 0.6) is 0 Å². The molecule has 0 aromatic carbocycles. The Morgan fingerprint density at radius 1 is 1.08 bits per heavy atom. The normalized spacial score (nSPS) is 19.8. The highest BCUT2D eigenvalue weighted by Gasteiger charge is 2.12. The third kappa shape index (κ3) is 4.36. The van der Waals surface area contributed by atoms with Crippen molar-refractivity contribution < 1.29 is 5.11 Å². The summed E-state index contributed by atoms with van der Waals surface area (Å²) < 4.78 is 0. The Morgan fingerprint density at radius 2 is 1.83 bits per heavy atom. The van der Waals surface area contributed by atoms with E-state index in [1.165, 1.54) is 44.3 Å². The lowest BCUT2D eigenvalue weighted by atomic mass is 10.0. The van der Waals surface area contributed by atoms with Gasteiger partial charge in [-0.1, -0.05) is 19.3 Å². The van der Waals surface area contributed by atoms with Gasteiger partial charge >= 0.3 is 0 Å². The highest BCUT2D eigenvalue weighted by Crippen LogP contribution is 2.28. The summed E-state index contributed by atoms with van der Waals surface area (Å²) >= 11 is 2.13. The van der Waals surface area contributed by atoms with Gasteiger partial charge in [0.15, 0.2) is 0 Å². The fraction of sp³-hybridized carbons (Fsp3) is 1.00. The van der Waals surface area contributed by atoms with Gasteiger partial charge < -0.3 is 5.11 Å². The first kappa shape index (κ1) is 10.4. The number of rotatable bonds is 5. The van der Waals surface area contributed by atoms with E-state index < -0.39 is 0 Å². The molecule has 0 atom stereocenters. The van der Waals surface area contributed by atoms with Crippen LogP contribution in [-0.2, 0) is 0 Å². The number of aliphatic hydroxyl groups is 1. The Balaban J connectivity index is 1.91. The summed E-state index contributed by atoms with van der Waals surface area (Å²) in [6.07, 6.45) is 9.38. The van der Waals surface area contributed by atoms with Crippen LogP contribution in [-0.4, -0.2) is 22.7 Å². The summed E-state index contributed by atoms with van der Waals surface area (Å²) in [6.45, 7) is 0.366. The lowest BCUT2D eigenvalue weighted by Crippen LogP contribution is -2.08. The number of hydrogen-bond acceptors (Lipinski definition) is 2. The maximum Gasteiger partial charge on any atom is 0.0431 e. The first-order valence-electron chi connectivity index (χ1n) is 5.16. The van der Waals surface area contributed by atoms with E-state index in [4.69, 9.17) is 5.11 Å². The molecule has 0 heterocycles. The molecule has 1 aliphatic rings. The second-order valence-electron chi connectivity index (χ2n) is 3.56.